The average molecular weight is 1000 g/mol. The Morgan fingerprint density at radius 2 is 0.841 bits per heavy atom. The van der Waals surface area contributed by atoms with E-state index in [2.05, 4.69) is 24.7 Å². The summed E-state index contributed by atoms with van der Waals surface area (Å²) in [5.41, 5.74) is 8.97. The van der Waals surface area contributed by atoms with Crippen molar-refractivity contribution < 1.29 is 59.0 Å². The van der Waals surface area contributed by atoms with E-state index in [0.29, 0.717) is 103 Å². The first-order valence-corrected chi connectivity index (χ1v) is 24.3. The highest BCUT2D eigenvalue weighted by Crippen LogP contribution is 2.43. The van der Waals surface area contributed by atoms with Crippen LogP contribution >= 0.6 is 34.0 Å². The number of pyridine rings is 3. The van der Waals surface area contributed by atoms with Gasteiger partial charge in [-0.2, -0.15) is 14.7 Å². The predicted octanol–water partition coefficient (Wildman–Crippen LogP) is 8.64. The first kappa shape index (κ1) is 51.0. The molecule has 1 aliphatic heterocycles. The van der Waals surface area contributed by atoms with Crippen molar-refractivity contribution >= 4 is 51.9 Å². The number of hydrogen-bond acceptors (Lipinski definition) is 18. The maximum Gasteiger partial charge on any atom is 0.354 e. The summed E-state index contributed by atoms with van der Waals surface area (Å²) >= 11 is 3.93. The zero-order chi connectivity index (χ0) is 49.7. The highest BCUT2D eigenvalue weighted by Gasteiger charge is 2.25. The van der Waals surface area contributed by atoms with Crippen LogP contribution < -0.4 is 14.7 Å². The van der Waals surface area contributed by atoms with Gasteiger partial charge in [-0.05, 0) is 111 Å². The molecule has 21 heteroatoms. The summed E-state index contributed by atoms with van der Waals surface area (Å²) in [5, 5.41) is 31.5. The number of hydrogen-bond donors (Lipinski definition) is 3. The molecule has 6 aromatic heterocycles. The van der Waals surface area contributed by atoms with E-state index in [4.69, 9.17) is 34.3 Å². The van der Waals surface area contributed by atoms with Crippen LogP contribution in [0.25, 0.3) is 31.3 Å². The zero-order valence-electron chi connectivity index (χ0n) is 39.8. The van der Waals surface area contributed by atoms with Crippen LogP contribution in [-0.4, -0.2) is 123 Å². The first-order chi connectivity index (χ1) is 33.0. The maximum atomic E-state index is 12.5. The van der Waals surface area contributed by atoms with Gasteiger partial charge < -0.3 is 30.0 Å². The van der Waals surface area contributed by atoms with Crippen LogP contribution in [-0.2, 0) is 34.3 Å². The minimum atomic E-state index is -1.15. The van der Waals surface area contributed by atoms with E-state index in [1.807, 2.05) is 52.8 Å². The van der Waals surface area contributed by atoms with Gasteiger partial charge in [-0.1, -0.05) is 22.7 Å². The SMILES string of the molecule is COOc1cc(-c2sc(C(=O)O)c(C)c2C)cc(CN2CCN(Cc3cc(-c4sc(OOC)c(C)c4C)cc(C(=O)O)n3)CCN(Cc3cc(-c4sc(OOC)c(C)c4C)cc(C(=O)O)n3)CC2)n1. The lowest BCUT2D eigenvalue weighted by Gasteiger charge is -2.26. The average Bonchev–Trinajstić information content (AvgIpc) is 3.91. The second-order valence-corrected chi connectivity index (χ2v) is 19.6. The van der Waals surface area contributed by atoms with Gasteiger partial charge in [0.2, 0.25) is 10.1 Å². The number of aromatic nitrogens is 3. The quantitative estimate of drug-likeness (QED) is 0.0542. The van der Waals surface area contributed by atoms with E-state index in [1.54, 1.807) is 25.1 Å². The Bertz CT molecular complexity index is 2750. The number of nitrogens with zero attached hydrogens (tertiary/aromatic N) is 6. The number of rotatable bonds is 18. The Balaban J connectivity index is 1.24. The Morgan fingerprint density at radius 3 is 1.20 bits per heavy atom. The fourth-order valence-corrected chi connectivity index (χ4v) is 11.6. The lowest BCUT2D eigenvalue weighted by atomic mass is 10.1. The molecule has 0 aliphatic carbocycles. The van der Waals surface area contributed by atoms with Gasteiger partial charge in [0.05, 0.1) is 38.4 Å². The molecule has 0 saturated carbocycles. The third-order valence-electron chi connectivity index (χ3n) is 12.1. The fourth-order valence-electron chi connectivity index (χ4n) is 8.14. The molecular weight excluding hydrogens is 949 g/mol. The van der Waals surface area contributed by atoms with Gasteiger partial charge in [-0.15, -0.1) is 11.3 Å². The molecule has 18 nitrogen and oxygen atoms in total. The molecule has 366 valence electrons. The molecule has 0 unspecified atom stereocenters. The van der Waals surface area contributed by atoms with Crippen molar-refractivity contribution in [3.8, 4) is 47.3 Å². The van der Waals surface area contributed by atoms with Crippen molar-refractivity contribution in [1.29, 1.82) is 0 Å². The predicted molar refractivity (Wildman–Crippen MR) is 261 cm³/mol. The minimum absolute atomic E-state index is 0.0846. The molecule has 0 aromatic carbocycles. The van der Waals surface area contributed by atoms with Crippen LogP contribution in [0.3, 0.4) is 0 Å². The van der Waals surface area contributed by atoms with Gasteiger partial charge in [0.15, 0.2) is 0 Å². The van der Waals surface area contributed by atoms with Gasteiger partial charge in [-0.25, -0.2) is 29.3 Å². The number of thiophene rings is 3. The summed E-state index contributed by atoms with van der Waals surface area (Å²) in [4.78, 5) is 91.9. The Kier molecular flexibility index (Phi) is 16.4. The van der Waals surface area contributed by atoms with Crippen molar-refractivity contribution in [2.75, 3.05) is 60.6 Å². The molecule has 0 atom stereocenters. The number of carboxylic acid groups (broad SMARTS) is 3. The number of carbonyl (C=O) groups is 3. The Morgan fingerprint density at radius 1 is 0.478 bits per heavy atom. The molecule has 1 aliphatic rings. The topological polar surface area (TPSA) is 216 Å². The van der Waals surface area contributed by atoms with Crippen LogP contribution in [0.15, 0.2) is 36.4 Å². The van der Waals surface area contributed by atoms with Crippen molar-refractivity contribution in [2.24, 2.45) is 0 Å². The molecule has 0 bridgehead atoms. The summed E-state index contributed by atoms with van der Waals surface area (Å²) in [6.45, 7) is 15.9. The summed E-state index contributed by atoms with van der Waals surface area (Å²) in [5.74, 6) is -3.07. The zero-order valence-corrected chi connectivity index (χ0v) is 42.2. The third kappa shape index (κ3) is 11.8. The molecule has 0 radical (unpaired) electrons. The summed E-state index contributed by atoms with van der Waals surface area (Å²) in [7, 11) is 4.26. The van der Waals surface area contributed by atoms with Gasteiger partial charge >= 0.3 is 17.9 Å². The lowest BCUT2D eigenvalue weighted by molar-refractivity contribution is -0.181. The standard InChI is InChI=1S/C48H54N6O12S3/c1-25-26(2)43(46(59)60)67-40(25)33-18-36(51-39(21-33)64-61-7)24-54-14-12-52(22-34-16-31(19-37(49-34)44(55)56)41-27(3)29(5)47(68-41)65-62-8)10-11-53(13-15-54)23-35-17-32(20-38(50-35)45(57)58)42-28(4)30(6)48(69-42)66-63-9/h16-21H,10-15,22-24H2,1-9H3,(H,55,56)(H,57,58)(H,59,60). The van der Waals surface area contributed by atoms with Crippen LogP contribution in [0, 0.1) is 41.5 Å². The molecule has 6 aromatic rings. The van der Waals surface area contributed by atoms with Crippen molar-refractivity contribution in [1.82, 2.24) is 29.7 Å². The Labute approximate surface area is 411 Å². The van der Waals surface area contributed by atoms with E-state index in [0.717, 1.165) is 48.0 Å². The maximum absolute atomic E-state index is 12.5. The summed E-state index contributed by atoms with van der Waals surface area (Å²) < 4.78 is 0. The molecule has 7 heterocycles. The largest absolute Gasteiger partial charge is 0.477 e. The lowest BCUT2D eigenvalue weighted by Crippen LogP contribution is -2.36. The smallest absolute Gasteiger partial charge is 0.354 e. The van der Waals surface area contributed by atoms with Crippen LogP contribution in [0.5, 0.6) is 16.0 Å². The van der Waals surface area contributed by atoms with E-state index in [1.165, 1.54) is 55.3 Å². The first-order valence-electron chi connectivity index (χ1n) is 21.8. The molecule has 69 heavy (non-hydrogen) atoms. The normalized spacial score (nSPS) is 14.0. The van der Waals surface area contributed by atoms with Crippen molar-refractivity contribution in [3.63, 3.8) is 0 Å². The monoisotopic (exact) mass is 1000 g/mol. The Hall–Kier alpha value is -5.88. The van der Waals surface area contributed by atoms with Crippen LogP contribution in [0.1, 0.15) is 81.1 Å². The molecule has 0 amide bonds. The fraction of sp³-hybridized carbons (Fsp3) is 0.375. The van der Waals surface area contributed by atoms with Gasteiger partial charge in [0, 0.05) is 90.7 Å². The van der Waals surface area contributed by atoms with Gasteiger partial charge in [0.1, 0.15) is 16.3 Å². The summed E-state index contributed by atoms with van der Waals surface area (Å²) in [6.07, 6.45) is 0. The molecule has 7 rings (SSSR count). The number of aromatic carboxylic acids is 3. The van der Waals surface area contributed by atoms with Crippen LogP contribution in [0.2, 0.25) is 0 Å². The second kappa shape index (κ2) is 22.3. The third-order valence-corrected chi connectivity index (χ3v) is 16.2. The van der Waals surface area contributed by atoms with Gasteiger partial charge in [0.25, 0.3) is 5.88 Å². The molecular formula is C48H54N6O12S3. The molecule has 3 N–H and O–H groups in total. The van der Waals surface area contributed by atoms with E-state index in [-0.39, 0.29) is 22.1 Å². The highest BCUT2D eigenvalue weighted by molar-refractivity contribution is 7.18. The highest BCUT2D eigenvalue weighted by atomic mass is 32.1. The minimum Gasteiger partial charge on any atom is -0.477 e. The second-order valence-electron chi connectivity index (χ2n) is 16.6. The van der Waals surface area contributed by atoms with E-state index < -0.39 is 17.9 Å². The number of carboxylic acids is 3. The van der Waals surface area contributed by atoms with E-state index in [9.17, 15) is 29.7 Å². The molecule has 1 saturated heterocycles. The molecule has 0 spiro atoms. The van der Waals surface area contributed by atoms with Gasteiger partial charge in [-0.3, -0.25) is 14.7 Å². The van der Waals surface area contributed by atoms with Crippen LogP contribution in [0.4, 0.5) is 0 Å². The summed E-state index contributed by atoms with van der Waals surface area (Å²) in [6, 6.07) is 10.6. The van der Waals surface area contributed by atoms with E-state index >= 15 is 0 Å². The van der Waals surface area contributed by atoms with Crippen molar-refractivity contribution in [2.45, 2.75) is 61.2 Å². The van der Waals surface area contributed by atoms with Crippen molar-refractivity contribution in [3.05, 3.63) is 103 Å². The molecule has 1 fully saturated rings.